The van der Waals surface area contributed by atoms with Crippen LogP contribution >= 0.6 is 27.3 Å². The summed E-state index contributed by atoms with van der Waals surface area (Å²) in [6.07, 6.45) is 2.27. The first-order valence-electron chi connectivity index (χ1n) is 5.57. The second-order valence-electron chi connectivity index (χ2n) is 4.17. The summed E-state index contributed by atoms with van der Waals surface area (Å²) in [5.74, 6) is 1.40. The molecule has 2 aromatic heterocycles. The van der Waals surface area contributed by atoms with Crippen LogP contribution in [0.3, 0.4) is 0 Å². The smallest absolute Gasteiger partial charge is 0.268 e. The Labute approximate surface area is 112 Å². The fourth-order valence-corrected chi connectivity index (χ4v) is 3.40. The first-order chi connectivity index (χ1) is 8.24. The van der Waals surface area contributed by atoms with E-state index in [1.807, 2.05) is 0 Å². The van der Waals surface area contributed by atoms with Crippen LogP contribution in [0, 0.1) is 6.92 Å². The van der Waals surface area contributed by atoms with Crippen LogP contribution in [0.4, 0.5) is 0 Å². The van der Waals surface area contributed by atoms with Crippen LogP contribution < -0.4 is 5.32 Å². The summed E-state index contributed by atoms with van der Waals surface area (Å²) in [6, 6.07) is 2.32. The number of nitrogens with zero attached hydrogens (tertiary/aromatic N) is 2. The topological polar surface area (TPSA) is 51.0 Å². The van der Waals surface area contributed by atoms with Crippen molar-refractivity contribution < 1.29 is 4.52 Å². The Morgan fingerprint density at radius 3 is 3.12 bits per heavy atom. The van der Waals surface area contributed by atoms with E-state index in [0.29, 0.717) is 5.89 Å². The van der Waals surface area contributed by atoms with Gasteiger partial charge in [-0.2, -0.15) is 4.98 Å². The molecule has 0 spiro atoms. The number of halogens is 1. The highest BCUT2D eigenvalue weighted by Gasteiger charge is 2.22. The lowest BCUT2D eigenvalue weighted by molar-refractivity contribution is 0.413. The molecule has 0 aliphatic carbocycles. The maximum absolute atomic E-state index is 5.32. The van der Waals surface area contributed by atoms with Crippen molar-refractivity contribution in [1.82, 2.24) is 15.5 Å². The van der Waals surface area contributed by atoms with Gasteiger partial charge in [0.2, 0.25) is 0 Å². The number of rotatable bonds is 2. The number of aryl methyl sites for hydroxylation is 1. The van der Waals surface area contributed by atoms with E-state index >= 15 is 0 Å². The summed E-state index contributed by atoms with van der Waals surface area (Å²) in [6.45, 7) is 3.10. The Bertz CT molecular complexity index is 511. The van der Waals surface area contributed by atoms with Crippen LogP contribution in [0.5, 0.6) is 0 Å². The van der Waals surface area contributed by atoms with E-state index in [1.54, 1.807) is 11.3 Å². The van der Waals surface area contributed by atoms with Crippen LogP contribution in [0.2, 0.25) is 0 Å². The van der Waals surface area contributed by atoms with Gasteiger partial charge in [-0.25, -0.2) is 0 Å². The molecule has 1 aliphatic heterocycles. The van der Waals surface area contributed by atoms with Crippen LogP contribution in [0.15, 0.2) is 14.4 Å². The average molecular weight is 314 g/mol. The van der Waals surface area contributed by atoms with Gasteiger partial charge in [0.05, 0.1) is 14.7 Å². The van der Waals surface area contributed by atoms with Crippen molar-refractivity contribution in [2.45, 2.75) is 25.8 Å². The van der Waals surface area contributed by atoms with Gasteiger partial charge < -0.3 is 9.84 Å². The van der Waals surface area contributed by atoms with E-state index in [4.69, 9.17) is 4.52 Å². The van der Waals surface area contributed by atoms with Crippen molar-refractivity contribution in [1.29, 1.82) is 0 Å². The van der Waals surface area contributed by atoms with Crippen molar-refractivity contribution in [3.8, 4) is 10.8 Å². The van der Waals surface area contributed by atoms with E-state index in [-0.39, 0.29) is 6.04 Å². The molecule has 3 rings (SSSR count). The zero-order valence-electron chi connectivity index (χ0n) is 9.36. The lowest BCUT2D eigenvalue weighted by Crippen LogP contribution is -2.14. The minimum Gasteiger partial charge on any atom is -0.333 e. The molecule has 1 unspecified atom stereocenters. The lowest BCUT2D eigenvalue weighted by Gasteiger charge is -2.01. The molecule has 2 aromatic rings. The molecular formula is C11H12BrN3OS. The SMILES string of the molecule is Cc1cc(-c2nc(C3CCCN3)no2)sc1Br. The first-order valence-corrected chi connectivity index (χ1v) is 7.18. The van der Waals surface area contributed by atoms with E-state index in [0.717, 1.165) is 27.5 Å². The van der Waals surface area contributed by atoms with Crippen LogP contribution in [0.25, 0.3) is 10.8 Å². The summed E-state index contributed by atoms with van der Waals surface area (Å²) in [5.41, 5.74) is 1.20. The fourth-order valence-electron chi connectivity index (χ4n) is 1.95. The monoisotopic (exact) mass is 313 g/mol. The highest BCUT2D eigenvalue weighted by Crippen LogP contribution is 2.34. The molecule has 1 aliphatic rings. The van der Waals surface area contributed by atoms with Gasteiger partial charge in [-0.05, 0) is 53.9 Å². The quantitative estimate of drug-likeness (QED) is 0.924. The van der Waals surface area contributed by atoms with Gasteiger partial charge >= 0.3 is 0 Å². The predicted octanol–water partition coefficient (Wildman–Crippen LogP) is 3.29. The van der Waals surface area contributed by atoms with Gasteiger partial charge in [-0.1, -0.05) is 5.16 Å². The zero-order chi connectivity index (χ0) is 11.8. The third-order valence-corrected chi connectivity index (χ3v) is 5.01. The number of thiophene rings is 1. The molecule has 0 saturated carbocycles. The third-order valence-electron chi connectivity index (χ3n) is 2.88. The molecule has 1 N–H and O–H groups in total. The van der Waals surface area contributed by atoms with E-state index in [9.17, 15) is 0 Å². The second-order valence-corrected chi connectivity index (χ2v) is 6.54. The Morgan fingerprint density at radius 1 is 1.59 bits per heavy atom. The predicted molar refractivity (Wildman–Crippen MR) is 70.0 cm³/mol. The largest absolute Gasteiger partial charge is 0.333 e. The van der Waals surface area contributed by atoms with Gasteiger partial charge in [0, 0.05) is 0 Å². The molecule has 1 saturated heterocycles. The van der Waals surface area contributed by atoms with Gasteiger partial charge in [-0.3, -0.25) is 0 Å². The van der Waals surface area contributed by atoms with Crippen molar-refractivity contribution >= 4 is 27.3 Å². The second kappa shape index (κ2) is 4.51. The van der Waals surface area contributed by atoms with Crippen molar-refractivity contribution in [2.75, 3.05) is 6.54 Å². The standard InChI is InChI=1S/C11H12BrN3OS/c1-6-5-8(17-9(6)12)11-14-10(15-16-11)7-3-2-4-13-7/h5,7,13H,2-4H2,1H3. The molecule has 0 aromatic carbocycles. The minimum absolute atomic E-state index is 0.261. The summed E-state index contributed by atoms with van der Waals surface area (Å²) in [4.78, 5) is 5.49. The normalized spacial score (nSPS) is 20.0. The number of nitrogens with one attached hydrogen (secondary N) is 1. The molecule has 0 radical (unpaired) electrons. The van der Waals surface area contributed by atoms with Crippen LogP contribution in [-0.4, -0.2) is 16.7 Å². The zero-order valence-corrected chi connectivity index (χ0v) is 11.8. The molecule has 0 amide bonds. The average Bonchev–Trinajstić information content (AvgIpc) is 3.00. The fraction of sp³-hybridized carbons (Fsp3) is 0.455. The Hall–Kier alpha value is -0.720. The van der Waals surface area contributed by atoms with Crippen LogP contribution in [0.1, 0.15) is 30.3 Å². The van der Waals surface area contributed by atoms with E-state index in [1.165, 1.54) is 12.0 Å². The molecule has 0 bridgehead atoms. The number of hydrogen-bond acceptors (Lipinski definition) is 5. The first kappa shape index (κ1) is 11.4. The van der Waals surface area contributed by atoms with Gasteiger partial charge in [0.15, 0.2) is 5.82 Å². The van der Waals surface area contributed by atoms with Crippen molar-refractivity contribution in [2.24, 2.45) is 0 Å². The number of hydrogen-bond donors (Lipinski definition) is 1. The van der Waals surface area contributed by atoms with Crippen LogP contribution in [-0.2, 0) is 0 Å². The van der Waals surface area contributed by atoms with Gasteiger partial charge in [0.1, 0.15) is 0 Å². The molecule has 4 nitrogen and oxygen atoms in total. The van der Waals surface area contributed by atoms with Gasteiger partial charge in [-0.15, -0.1) is 11.3 Å². The molecule has 3 heterocycles. The van der Waals surface area contributed by atoms with E-state index in [2.05, 4.69) is 44.4 Å². The molecule has 1 atom stereocenters. The summed E-state index contributed by atoms with van der Waals surface area (Å²) < 4.78 is 6.44. The maximum Gasteiger partial charge on any atom is 0.268 e. The minimum atomic E-state index is 0.261. The lowest BCUT2D eigenvalue weighted by atomic mass is 10.2. The molecule has 6 heteroatoms. The van der Waals surface area contributed by atoms with Crippen molar-refractivity contribution in [3.05, 3.63) is 21.2 Å². The molecule has 1 fully saturated rings. The molecule has 90 valence electrons. The summed E-state index contributed by atoms with van der Waals surface area (Å²) in [5, 5.41) is 7.42. The number of aromatic nitrogens is 2. The molecular weight excluding hydrogens is 302 g/mol. The summed E-state index contributed by atoms with van der Waals surface area (Å²) >= 11 is 5.13. The summed E-state index contributed by atoms with van der Waals surface area (Å²) in [7, 11) is 0. The van der Waals surface area contributed by atoms with Gasteiger partial charge in [0.25, 0.3) is 5.89 Å². The third kappa shape index (κ3) is 2.17. The van der Waals surface area contributed by atoms with Crippen molar-refractivity contribution in [3.63, 3.8) is 0 Å². The highest BCUT2D eigenvalue weighted by atomic mass is 79.9. The maximum atomic E-state index is 5.32. The van der Waals surface area contributed by atoms with E-state index < -0.39 is 0 Å². The Kier molecular flexibility index (Phi) is 3.02. The highest BCUT2D eigenvalue weighted by molar-refractivity contribution is 9.11. The Balaban J connectivity index is 1.88. The Morgan fingerprint density at radius 2 is 2.47 bits per heavy atom. The molecule has 17 heavy (non-hydrogen) atoms.